The highest BCUT2D eigenvalue weighted by Crippen LogP contribution is 2.53. The van der Waals surface area contributed by atoms with E-state index in [1.54, 1.807) is 19.2 Å². The fourth-order valence-electron chi connectivity index (χ4n) is 3.58. The lowest BCUT2D eigenvalue weighted by Gasteiger charge is -2.10. The molecule has 0 aromatic carbocycles. The molecule has 4 rings (SSSR count). The zero-order chi connectivity index (χ0) is 22.1. The fourth-order valence-corrected chi connectivity index (χ4v) is 3.58. The van der Waals surface area contributed by atoms with Crippen LogP contribution in [0.25, 0.3) is 17.5 Å². The third kappa shape index (κ3) is 4.06. The summed E-state index contributed by atoms with van der Waals surface area (Å²) in [6, 6.07) is 4.87. The van der Waals surface area contributed by atoms with E-state index in [0.717, 1.165) is 17.5 Å². The predicted molar refractivity (Wildman–Crippen MR) is 108 cm³/mol. The van der Waals surface area contributed by atoms with Gasteiger partial charge in [-0.05, 0) is 29.9 Å². The highest BCUT2D eigenvalue weighted by molar-refractivity contribution is 5.58. The average Bonchev–Trinajstić information content (AvgIpc) is 3.53. The van der Waals surface area contributed by atoms with Crippen LogP contribution in [-0.4, -0.2) is 38.4 Å². The van der Waals surface area contributed by atoms with Gasteiger partial charge in [0.05, 0.1) is 11.3 Å². The topological polar surface area (TPSA) is 118 Å². The molecule has 1 fully saturated rings. The summed E-state index contributed by atoms with van der Waals surface area (Å²) in [5.74, 6) is 0.00123. The SMILES string of the molecule is C=Cn1nc(-c2c[nH]c(=O)[nH]c2=O)cc([C@H]2C[C@@H]2c2ccc(OC(F)F)nc2)c1=NC. The van der Waals surface area contributed by atoms with E-state index in [1.807, 2.05) is 0 Å². The normalized spacial score (nSPS) is 18.3. The third-order valence-corrected chi connectivity index (χ3v) is 5.05. The van der Waals surface area contributed by atoms with Crippen molar-refractivity contribution < 1.29 is 13.5 Å². The Hall–Kier alpha value is -3.89. The summed E-state index contributed by atoms with van der Waals surface area (Å²) >= 11 is 0. The molecule has 2 atom stereocenters. The quantitative estimate of drug-likeness (QED) is 0.621. The molecule has 3 aromatic rings. The number of ether oxygens (including phenoxy) is 1. The molecule has 0 aliphatic heterocycles. The number of halogens is 2. The molecular formula is C20H18F2N6O3. The maximum Gasteiger partial charge on any atom is 0.388 e. The molecule has 0 spiro atoms. The molecule has 0 unspecified atom stereocenters. The van der Waals surface area contributed by atoms with Gasteiger partial charge < -0.3 is 9.72 Å². The van der Waals surface area contributed by atoms with Crippen LogP contribution in [-0.2, 0) is 0 Å². The van der Waals surface area contributed by atoms with Crippen molar-refractivity contribution >= 4 is 6.20 Å². The monoisotopic (exact) mass is 428 g/mol. The molecule has 1 aliphatic carbocycles. The molecule has 0 radical (unpaired) electrons. The molecule has 1 aliphatic rings. The Labute approximate surface area is 173 Å². The van der Waals surface area contributed by atoms with E-state index in [9.17, 15) is 18.4 Å². The Kier molecular flexibility index (Phi) is 5.32. The Balaban J connectivity index is 1.72. The number of nitrogens with zero attached hydrogens (tertiary/aromatic N) is 4. The van der Waals surface area contributed by atoms with E-state index in [0.29, 0.717) is 11.2 Å². The van der Waals surface area contributed by atoms with Crippen LogP contribution in [0.5, 0.6) is 5.88 Å². The summed E-state index contributed by atoms with van der Waals surface area (Å²) in [5.41, 5.74) is 1.67. The number of pyridine rings is 1. The maximum absolute atomic E-state index is 12.3. The van der Waals surface area contributed by atoms with Gasteiger partial charge in [-0.25, -0.2) is 14.5 Å². The minimum Gasteiger partial charge on any atom is -0.417 e. The van der Waals surface area contributed by atoms with Crippen molar-refractivity contribution in [3.05, 3.63) is 74.6 Å². The molecular weight excluding hydrogens is 410 g/mol. The predicted octanol–water partition coefficient (Wildman–Crippen LogP) is 1.83. The summed E-state index contributed by atoms with van der Waals surface area (Å²) in [7, 11) is 1.63. The molecule has 0 amide bonds. The van der Waals surface area contributed by atoms with Crippen LogP contribution in [0.4, 0.5) is 8.78 Å². The molecule has 1 saturated carbocycles. The second kappa shape index (κ2) is 8.09. The second-order valence-corrected chi connectivity index (χ2v) is 6.90. The lowest BCUT2D eigenvalue weighted by Crippen LogP contribution is -2.27. The van der Waals surface area contributed by atoms with Crippen LogP contribution >= 0.6 is 0 Å². The molecule has 9 nitrogen and oxygen atoms in total. The van der Waals surface area contributed by atoms with Gasteiger partial charge in [-0.15, -0.1) is 0 Å². The zero-order valence-electron chi connectivity index (χ0n) is 16.4. The summed E-state index contributed by atoms with van der Waals surface area (Å²) in [6.45, 7) is 0.824. The van der Waals surface area contributed by atoms with E-state index >= 15 is 0 Å². The lowest BCUT2D eigenvalue weighted by atomic mass is 10.1. The number of aromatic amines is 2. The van der Waals surface area contributed by atoms with Crippen molar-refractivity contribution in [3.63, 3.8) is 0 Å². The van der Waals surface area contributed by atoms with Gasteiger partial charge in [0, 0.05) is 37.3 Å². The largest absolute Gasteiger partial charge is 0.417 e. The Morgan fingerprint density at radius 1 is 1.35 bits per heavy atom. The van der Waals surface area contributed by atoms with Gasteiger partial charge in [0.2, 0.25) is 5.88 Å². The zero-order valence-corrected chi connectivity index (χ0v) is 16.4. The van der Waals surface area contributed by atoms with E-state index in [2.05, 4.69) is 36.4 Å². The molecule has 3 heterocycles. The van der Waals surface area contributed by atoms with Crippen molar-refractivity contribution in [2.75, 3.05) is 7.05 Å². The number of H-pyrrole nitrogens is 2. The van der Waals surface area contributed by atoms with E-state index in [-0.39, 0.29) is 23.3 Å². The molecule has 31 heavy (non-hydrogen) atoms. The van der Waals surface area contributed by atoms with Gasteiger partial charge in [0.1, 0.15) is 0 Å². The van der Waals surface area contributed by atoms with Crippen LogP contribution < -0.4 is 21.5 Å². The number of hydrogen-bond acceptors (Lipinski definition) is 6. The standard InChI is InChI=1S/C20H18F2N6O3/c1-3-28-17(23-2)13(7-15(27-28)14-9-25-20(30)26-18(14)29)12-6-11(12)10-4-5-16(24-8-10)31-19(21)22/h3-5,7-9,11-12,19H,1,6H2,2H3,(H2,25,26,29,30)/t11-,12+/m1/s1. The molecule has 0 saturated heterocycles. The van der Waals surface area contributed by atoms with Crippen LogP contribution in [0.15, 0.2) is 51.8 Å². The molecule has 160 valence electrons. The van der Waals surface area contributed by atoms with Crippen LogP contribution in [0.1, 0.15) is 29.4 Å². The van der Waals surface area contributed by atoms with Crippen molar-refractivity contribution in [1.82, 2.24) is 24.7 Å². The molecule has 3 aromatic heterocycles. The summed E-state index contributed by atoms with van der Waals surface area (Å²) < 4.78 is 30.4. The minimum atomic E-state index is -2.93. The van der Waals surface area contributed by atoms with Crippen molar-refractivity contribution in [1.29, 1.82) is 0 Å². The highest BCUT2D eigenvalue weighted by Gasteiger charge is 2.41. The van der Waals surface area contributed by atoms with Crippen LogP contribution in [0.3, 0.4) is 0 Å². The first-order valence-corrected chi connectivity index (χ1v) is 9.33. The molecule has 11 heteroatoms. The van der Waals surface area contributed by atoms with Gasteiger partial charge in [-0.3, -0.25) is 14.8 Å². The first-order chi connectivity index (χ1) is 14.9. The van der Waals surface area contributed by atoms with E-state index in [1.165, 1.54) is 29.3 Å². The van der Waals surface area contributed by atoms with Crippen LogP contribution in [0.2, 0.25) is 0 Å². The summed E-state index contributed by atoms with van der Waals surface area (Å²) in [5, 5.41) is 4.39. The van der Waals surface area contributed by atoms with Crippen molar-refractivity contribution in [2.45, 2.75) is 24.9 Å². The fraction of sp³-hybridized carbons (Fsp3) is 0.250. The molecule has 0 bridgehead atoms. The van der Waals surface area contributed by atoms with Gasteiger partial charge in [-0.1, -0.05) is 12.6 Å². The average molecular weight is 428 g/mol. The number of aromatic nitrogens is 5. The Bertz CT molecular complexity index is 1310. The maximum atomic E-state index is 12.3. The lowest BCUT2D eigenvalue weighted by molar-refractivity contribution is -0.0528. The van der Waals surface area contributed by atoms with Crippen molar-refractivity contribution in [2.24, 2.45) is 4.99 Å². The van der Waals surface area contributed by atoms with E-state index < -0.39 is 17.9 Å². The summed E-state index contributed by atoms with van der Waals surface area (Å²) in [4.78, 5) is 36.4. The molecule has 2 N–H and O–H groups in total. The Morgan fingerprint density at radius 3 is 2.77 bits per heavy atom. The first-order valence-electron chi connectivity index (χ1n) is 9.33. The third-order valence-electron chi connectivity index (χ3n) is 5.05. The van der Waals surface area contributed by atoms with Gasteiger partial charge in [0.15, 0.2) is 5.49 Å². The van der Waals surface area contributed by atoms with E-state index in [4.69, 9.17) is 0 Å². The van der Waals surface area contributed by atoms with Gasteiger partial charge in [-0.2, -0.15) is 13.9 Å². The first kappa shape index (κ1) is 20.4. The second-order valence-electron chi connectivity index (χ2n) is 6.90. The number of hydrogen-bond donors (Lipinski definition) is 2. The number of nitrogens with one attached hydrogen (secondary N) is 2. The van der Waals surface area contributed by atoms with Crippen molar-refractivity contribution in [3.8, 4) is 17.1 Å². The number of rotatable bonds is 6. The van der Waals surface area contributed by atoms with Gasteiger partial charge >= 0.3 is 12.3 Å². The minimum absolute atomic E-state index is 0.0529. The number of alkyl halides is 2. The van der Waals surface area contributed by atoms with Crippen LogP contribution in [0, 0.1) is 0 Å². The highest BCUT2D eigenvalue weighted by atomic mass is 19.3. The van der Waals surface area contributed by atoms with Gasteiger partial charge in [0.25, 0.3) is 5.56 Å². The smallest absolute Gasteiger partial charge is 0.388 e. The Morgan fingerprint density at radius 2 is 2.16 bits per heavy atom. The summed E-state index contributed by atoms with van der Waals surface area (Å²) in [6.07, 6.45) is 5.08.